The third-order valence-electron chi connectivity index (χ3n) is 5.15. The summed E-state index contributed by atoms with van der Waals surface area (Å²) in [4.78, 5) is 4.62. The first-order valence-corrected chi connectivity index (χ1v) is 8.09. The Labute approximate surface area is 138 Å². The van der Waals surface area contributed by atoms with Gasteiger partial charge in [-0.15, -0.1) is 0 Å². The highest BCUT2D eigenvalue weighted by molar-refractivity contribution is 5.64. The summed E-state index contributed by atoms with van der Waals surface area (Å²) in [7, 11) is 0. The molecule has 2 heteroatoms. The average Bonchev–Trinajstić information content (AvgIpc) is 3.01. The van der Waals surface area contributed by atoms with E-state index < -0.39 is 0 Å². The van der Waals surface area contributed by atoms with Gasteiger partial charge in [0.25, 0.3) is 0 Å². The highest BCUT2D eigenvalue weighted by atomic mass is 15.1. The van der Waals surface area contributed by atoms with Gasteiger partial charge in [-0.3, -0.25) is 4.57 Å². The number of aryl methyl sites for hydroxylation is 1. The molecule has 0 atom stereocenters. The van der Waals surface area contributed by atoms with Gasteiger partial charge in [-0.25, -0.2) is 4.98 Å². The zero-order chi connectivity index (χ0) is 16.7. The first kappa shape index (κ1) is 15.5. The third kappa shape index (κ3) is 2.48. The number of aromatic nitrogens is 2. The van der Waals surface area contributed by atoms with Crippen molar-refractivity contribution in [3.05, 3.63) is 70.0 Å². The summed E-state index contributed by atoms with van der Waals surface area (Å²) in [5.41, 5.74) is 10.5. The van der Waals surface area contributed by atoms with Crippen LogP contribution in [0.25, 0.3) is 17.1 Å². The first-order chi connectivity index (χ1) is 10.9. The van der Waals surface area contributed by atoms with Crippen LogP contribution in [-0.2, 0) is 0 Å². The molecule has 3 aromatic rings. The standard InChI is InChI=1S/C21H24N2/c1-13-7-9-19(10-8-13)21-22-11-12-23(21)20-17(5)15(3)14(2)16(4)18(20)6/h7-12H,1-6H3. The fraction of sp³-hybridized carbons (Fsp3) is 0.286. The van der Waals surface area contributed by atoms with Crippen molar-refractivity contribution in [2.75, 3.05) is 0 Å². The molecule has 118 valence electrons. The Morgan fingerprint density at radius 3 is 1.78 bits per heavy atom. The Bertz CT molecular complexity index is 839. The Morgan fingerprint density at radius 2 is 1.22 bits per heavy atom. The van der Waals surface area contributed by atoms with Gasteiger partial charge in [0.05, 0.1) is 5.69 Å². The second-order valence-corrected chi connectivity index (χ2v) is 6.46. The Hall–Kier alpha value is -2.35. The van der Waals surface area contributed by atoms with E-state index in [1.165, 1.54) is 39.1 Å². The molecule has 0 saturated carbocycles. The molecule has 0 unspecified atom stereocenters. The number of benzene rings is 2. The lowest BCUT2D eigenvalue weighted by molar-refractivity contribution is 1.01. The first-order valence-electron chi connectivity index (χ1n) is 8.09. The van der Waals surface area contributed by atoms with Gasteiger partial charge in [0.2, 0.25) is 0 Å². The molecule has 23 heavy (non-hydrogen) atoms. The van der Waals surface area contributed by atoms with E-state index in [0.717, 1.165) is 11.4 Å². The van der Waals surface area contributed by atoms with E-state index in [4.69, 9.17) is 0 Å². The van der Waals surface area contributed by atoms with Crippen molar-refractivity contribution in [3.63, 3.8) is 0 Å². The second kappa shape index (κ2) is 5.69. The molecular formula is C21H24N2. The van der Waals surface area contributed by atoms with Crippen LogP contribution in [0, 0.1) is 41.5 Å². The molecule has 0 fully saturated rings. The van der Waals surface area contributed by atoms with E-state index in [-0.39, 0.29) is 0 Å². The fourth-order valence-electron chi connectivity index (χ4n) is 3.24. The largest absolute Gasteiger partial charge is 0.299 e. The Balaban J connectivity index is 2.26. The number of hydrogen-bond acceptors (Lipinski definition) is 1. The molecule has 2 aromatic carbocycles. The molecule has 0 saturated heterocycles. The minimum atomic E-state index is 0.999. The van der Waals surface area contributed by atoms with Gasteiger partial charge >= 0.3 is 0 Å². The Morgan fingerprint density at radius 1 is 0.696 bits per heavy atom. The molecule has 1 heterocycles. The monoisotopic (exact) mass is 304 g/mol. The Kier molecular flexibility index (Phi) is 3.85. The van der Waals surface area contributed by atoms with Crippen molar-refractivity contribution in [2.24, 2.45) is 0 Å². The highest BCUT2D eigenvalue weighted by Crippen LogP contribution is 2.31. The van der Waals surface area contributed by atoms with E-state index in [0.29, 0.717) is 0 Å². The maximum absolute atomic E-state index is 4.62. The molecular weight excluding hydrogens is 280 g/mol. The number of nitrogens with zero attached hydrogens (tertiary/aromatic N) is 2. The van der Waals surface area contributed by atoms with Crippen LogP contribution in [-0.4, -0.2) is 9.55 Å². The van der Waals surface area contributed by atoms with Crippen molar-refractivity contribution in [1.82, 2.24) is 9.55 Å². The summed E-state index contributed by atoms with van der Waals surface area (Å²) in [6, 6.07) is 8.57. The van der Waals surface area contributed by atoms with Crippen LogP contribution in [0.15, 0.2) is 36.7 Å². The van der Waals surface area contributed by atoms with Gasteiger partial charge in [0, 0.05) is 18.0 Å². The summed E-state index contributed by atoms with van der Waals surface area (Å²) in [6.07, 6.45) is 3.96. The smallest absolute Gasteiger partial charge is 0.144 e. The normalized spacial score (nSPS) is 11.0. The van der Waals surface area contributed by atoms with Gasteiger partial charge < -0.3 is 0 Å². The molecule has 0 aliphatic rings. The topological polar surface area (TPSA) is 17.8 Å². The minimum absolute atomic E-state index is 0.999. The quantitative estimate of drug-likeness (QED) is 0.620. The van der Waals surface area contributed by atoms with Crippen molar-refractivity contribution >= 4 is 0 Å². The van der Waals surface area contributed by atoms with Gasteiger partial charge in [-0.05, 0) is 69.4 Å². The van der Waals surface area contributed by atoms with E-state index >= 15 is 0 Å². The predicted molar refractivity (Wildman–Crippen MR) is 97.4 cm³/mol. The minimum Gasteiger partial charge on any atom is -0.299 e. The van der Waals surface area contributed by atoms with Gasteiger partial charge in [0.1, 0.15) is 5.82 Å². The van der Waals surface area contributed by atoms with Gasteiger partial charge in [-0.2, -0.15) is 0 Å². The number of rotatable bonds is 2. The van der Waals surface area contributed by atoms with Crippen molar-refractivity contribution in [2.45, 2.75) is 41.5 Å². The molecule has 0 aliphatic heterocycles. The molecule has 0 spiro atoms. The molecule has 0 aliphatic carbocycles. The summed E-state index contributed by atoms with van der Waals surface area (Å²) in [6.45, 7) is 13.2. The molecule has 1 aromatic heterocycles. The predicted octanol–water partition coefficient (Wildman–Crippen LogP) is 5.39. The maximum Gasteiger partial charge on any atom is 0.144 e. The molecule has 0 amide bonds. The molecule has 3 rings (SSSR count). The number of hydrogen-bond donors (Lipinski definition) is 0. The molecule has 0 bridgehead atoms. The zero-order valence-electron chi connectivity index (χ0n) is 14.9. The van der Waals surface area contributed by atoms with Crippen molar-refractivity contribution < 1.29 is 0 Å². The third-order valence-corrected chi connectivity index (χ3v) is 5.15. The average molecular weight is 304 g/mol. The molecule has 0 N–H and O–H groups in total. The van der Waals surface area contributed by atoms with Crippen molar-refractivity contribution in [3.8, 4) is 17.1 Å². The fourth-order valence-corrected chi connectivity index (χ4v) is 3.24. The maximum atomic E-state index is 4.62. The summed E-state index contributed by atoms with van der Waals surface area (Å²) >= 11 is 0. The number of imidazole rings is 1. The van der Waals surface area contributed by atoms with Crippen LogP contribution in [0.4, 0.5) is 0 Å². The summed E-state index contributed by atoms with van der Waals surface area (Å²) in [5.74, 6) is 0.999. The highest BCUT2D eigenvalue weighted by Gasteiger charge is 2.16. The molecule has 0 radical (unpaired) electrons. The van der Waals surface area contributed by atoms with Gasteiger partial charge in [0.15, 0.2) is 0 Å². The lowest BCUT2D eigenvalue weighted by Gasteiger charge is -2.20. The van der Waals surface area contributed by atoms with Gasteiger partial charge in [-0.1, -0.05) is 29.8 Å². The van der Waals surface area contributed by atoms with Crippen LogP contribution < -0.4 is 0 Å². The molecule has 2 nitrogen and oxygen atoms in total. The van der Waals surface area contributed by atoms with E-state index in [2.05, 4.69) is 81.6 Å². The lowest BCUT2D eigenvalue weighted by Crippen LogP contribution is -2.06. The van der Waals surface area contributed by atoms with Crippen LogP contribution in [0.1, 0.15) is 33.4 Å². The lowest BCUT2D eigenvalue weighted by atomic mass is 9.92. The second-order valence-electron chi connectivity index (χ2n) is 6.46. The van der Waals surface area contributed by atoms with E-state index in [1.807, 2.05) is 6.20 Å². The summed E-state index contributed by atoms with van der Waals surface area (Å²) < 4.78 is 2.23. The van der Waals surface area contributed by atoms with Crippen molar-refractivity contribution in [1.29, 1.82) is 0 Å². The van der Waals surface area contributed by atoms with E-state index in [9.17, 15) is 0 Å². The van der Waals surface area contributed by atoms with Crippen LogP contribution in [0.3, 0.4) is 0 Å². The van der Waals surface area contributed by atoms with E-state index in [1.54, 1.807) is 0 Å². The summed E-state index contributed by atoms with van der Waals surface area (Å²) in [5, 5.41) is 0. The van der Waals surface area contributed by atoms with Crippen LogP contribution in [0.5, 0.6) is 0 Å². The zero-order valence-corrected chi connectivity index (χ0v) is 14.9. The van der Waals surface area contributed by atoms with Crippen LogP contribution in [0.2, 0.25) is 0 Å². The SMILES string of the molecule is Cc1ccc(-c2nccn2-c2c(C)c(C)c(C)c(C)c2C)cc1. The van der Waals surface area contributed by atoms with Crippen LogP contribution >= 0.6 is 0 Å².